The molecule has 0 fully saturated rings. The Morgan fingerprint density at radius 1 is 1.20 bits per heavy atom. The van der Waals surface area contributed by atoms with Crippen LogP contribution in [-0.2, 0) is 10.2 Å². The molecular weight excluding hydrogens is 248 g/mol. The number of hydrogen-bond donors (Lipinski definition) is 2. The van der Waals surface area contributed by atoms with Crippen LogP contribution in [0.15, 0.2) is 30.3 Å². The highest BCUT2D eigenvalue weighted by atomic mass is 16.1. The van der Waals surface area contributed by atoms with Crippen LogP contribution < -0.4 is 11.1 Å². The second-order valence-corrected chi connectivity index (χ2v) is 6.75. The summed E-state index contributed by atoms with van der Waals surface area (Å²) in [5, 5.41) is 3.10. The van der Waals surface area contributed by atoms with Crippen molar-refractivity contribution in [2.24, 2.45) is 11.7 Å². The van der Waals surface area contributed by atoms with E-state index in [1.807, 2.05) is 25.1 Å². The number of rotatable bonds is 6. The molecule has 0 spiro atoms. The van der Waals surface area contributed by atoms with E-state index in [9.17, 15) is 4.79 Å². The van der Waals surface area contributed by atoms with Gasteiger partial charge in [0.05, 0.1) is 5.54 Å². The molecule has 0 saturated heterocycles. The molecule has 0 bridgehead atoms. The van der Waals surface area contributed by atoms with Crippen LogP contribution in [0, 0.1) is 5.92 Å². The summed E-state index contributed by atoms with van der Waals surface area (Å²) in [6, 6.07) is 10.1. The summed E-state index contributed by atoms with van der Waals surface area (Å²) in [5.74, 6) is 0.358. The summed E-state index contributed by atoms with van der Waals surface area (Å²) in [7, 11) is 0. The summed E-state index contributed by atoms with van der Waals surface area (Å²) in [4.78, 5) is 12.3. The third-order valence-electron chi connectivity index (χ3n) is 4.28. The van der Waals surface area contributed by atoms with Gasteiger partial charge in [-0.1, -0.05) is 58.0 Å². The third-order valence-corrected chi connectivity index (χ3v) is 4.28. The van der Waals surface area contributed by atoms with E-state index >= 15 is 0 Å². The van der Waals surface area contributed by atoms with E-state index in [1.165, 1.54) is 5.56 Å². The number of nitrogens with one attached hydrogen (secondary N) is 1. The molecule has 0 aliphatic carbocycles. The number of carbonyl (C=O) groups is 1. The Bertz CT molecular complexity index is 440. The van der Waals surface area contributed by atoms with Crippen LogP contribution in [0.1, 0.15) is 46.6 Å². The van der Waals surface area contributed by atoms with Gasteiger partial charge in [0, 0.05) is 13.0 Å². The summed E-state index contributed by atoms with van der Waals surface area (Å²) in [6.45, 7) is 10.8. The first kappa shape index (κ1) is 16.7. The fraction of sp³-hybridized carbons (Fsp3) is 0.588. The van der Waals surface area contributed by atoms with Gasteiger partial charge in [-0.3, -0.25) is 4.79 Å². The van der Waals surface area contributed by atoms with E-state index in [2.05, 4.69) is 45.1 Å². The first-order valence-corrected chi connectivity index (χ1v) is 7.28. The molecule has 3 N–H and O–H groups in total. The molecule has 0 aliphatic rings. The molecule has 0 heterocycles. The summed E-state index contributed by atoms with van der Waals surface area (Å²) >= 11 is 0. The zero-order chi connectivity index (χ0) is 15.4. The largest absolute Gasteiger partial charge is 0.349 e. The average molecular weight is 276 g/mol. The third kappa shape index (κ3) is 4.07. The normalized spacial score (nSPS) is 14.9. The van der Waals surface area contributed by atoms with Crippen LogP contribution in [-0.4, -0.2) is 18.0 Å². The molecule has 3 heteroatoms. The Hall–Kier alpha value is -1.35. The van der Waals surface area contributed by atoms with Crippen LogP contribution in [0.3, 0.4) is 0 Å². The van der Waals surface area contributed by atoms with Crippen molar-refractivity contribution in [1.82, 2.24) is 5.32 Å². The van der Waals surface area contributed by atoms with E-state index in [-0.39, 0.29) is 16.9 Å². The summed E-state index contributed by atoms with van der Waals surface area (Å²) < 4.78 is 0. The van der Waals surface area contributed by atoms with Crippen LogP contribution in [0.4, 0.5) is 0 Å². The van der Waals surface area contributed by atoms with E-state index < -0.39 is 0 Å². The topological polar surface area (TPSA) is 55.1 Å². The van der Waals surface area contributed by atoms with Gasteiger partial charge in [0.1, 0.15) is 0 Å². The van der Waals surface area contributed by atoms with Crippen LogP contribution in [0.2, 0.25) is 0 Å². The summed E-state index contributed by atoms with van der Waals surface area (Å²) in [5.41, 5.74) is 6.47. The molecular formula is C17H28N2O. The van der Waals surface area contributed by atoms with E-state index in [1.54, 1.807) is 0 Å². The minimum atomic E-state index is -0.343. The Morgan fingerprint density at radius 3 is 2.20 bits per heavy atom. The van der Waals surface area contributed by atoms with E-state index in [0.717, 1.165) is 0 Å². The van der Waals surface area contributed by atoms with Crippen molar-refractivity contribution in [2.45, 2.75) is 52.0 Å². The molecule has 112 valence electrons. The van der Waals surface area contributed by atoms with Crippen molar-refractivity contribution in [3.8, 4) is 0 Å². The molecule has 0 radical (unpaired) electrons. The zero-order valence-corrected chi connectivity index (χ0v) is 13.4. The fourth-order valence-corrected chi connectivity index (χ4v) is 2.19. The van der Waals surface area contributed by atoms with Gasteiger partial charge >= 0.3 is 0 Å². The number of nitrogens with two attached hydrogens (primary N) is 1. The molecule has 0 aliphatic heterocycles. The summed E-state index contributed by atoms with van der Waals surface area (Å²) in [6.07, 6.45) is 0.458. The molecule has 1 aromatic rings. The lowest BCUT2D eigenvalue weighted by molar-refractivity contribution is -0.124. The molecule has 1 unspecified atom stereocenters. The van der Waals surface area contributed by atoms with Crippen LogP contribution in [0.5, 0.6) is 0 Å². The quantitative estimate of drug-likeness (QED) is 0.839. The highest BCUT2D eigenvalue weighted by Gasteiger charge is 2.31. The molecule has 1 atom stereocenters. The SMILES string of the molecule is CC(C)C(C)(CN)NC(=O)CC(C)(C)c1ccccc1. The lowest BCUT2D eigenvalue weighted by Crippen LogP contribution is -2.55. The van der Waals surface area contributed by atoms with E-state index in [4.69, 9.17) is 5.73 Å². The highest BCUT2D eigenvalue weighted by molar-refractivity contribution is 5.78. The smallest absolute Gasteiger partial charge is 0.221 e. The molecule has 0 saturated carbocycles. The second kappa shape index (κ2) is 6.40. The van der Waals surface area contributed by atoms with Crippen LogP contribution in [0.25, 0.3) is 0 Å². The van der Waals surface area contributed by atoms with Gasteiger partial charge < -0.3 is 11.1 Å². The maximum Gasteiger partial charge on any atom is 0.221 e. The minimum Gasteiger partial charge on any atom is -0.349 e. The van der Waals surface area contributed by atoms with Gasteiger partial charge in [-0.05, 0) is 23.8 Å². The van der Waals surface area contributed by atoms with Gasteiger partial charge in [-0.15, -0.1) is 0 Å². The van der Waals surface area contributed by atoms with Gasteiger partial charge in [-0.2, -0.15) is 0 Å². The molecule has 1 aromatic carbocycles. The lowest BCUT2D eigenvalue weighted by Gasteiger charge is -2.35. The van der Waals surface area contributed by atoms with Crippen molar-refractivity contribution >= 4 is 5.91 Å². The van der Waals surface area contributed by atoms with Gasteiger partial charge in [0.15, 0.2) is 0 Å². The maximum atomic E-state index is 12.3. The van der Waals surface area contributed by atoms with Gasteiger partial charge in [0.2, 0.25) is 5.91 Å². The predicted molar refractivity (Wildman–Crippen MR) is 84.5 cm³/mol. The highest BCUT2D eigenvalue weighted by Crippen LogP contribution is 2.27. The molecule has 0 aromatic heterocycles. The van der Waals surface area contributed by atoms with Crippen molar-refractivity contribution in [3.05, 3.63) is 35.9 Å². The Balaban J connectivity index is 2.76. The average Bonchev–Trinajstić information content (AvgIpc) is 2.38. The first-order chi connectivity index (χ1) is 9.21. The maximum absolute atomic E-state index is 12.3. The van der Waals surface area contributed by atoms with Crippen molar-refractivity contribution in [3.63, 3.8) is 0 Å². The predicted octanol–water partition coefficient (Wildman–Crippen LogP) is 2.84. The van der Waals surface area contributed by atoms with E-state index in [0.29, 0.717) is 18.9 Å². The van der Waals surface area contributed by atoms with Crippen molar-refractivity contribution in [1.29, 1.82) is 0 Å². The second-order valence-electron chi connectivity index (χ2n) is 6.75. The number of benzene rings is 1. The number of amides is 1. The molecule has 3 nitrogen and oxygen atoms in total. The van der Waals surface area contributed by atoms with Gasteiger partial charge in [0.25, 0.3) is 0 Å². The van der Waals surface area contributed by atoms with Crippen LogP contribution >= 0.6 is 0 Å². The number of carbonyl (C=O) groups excluding carboxylic acids is 1. The van der Waals surface area contributed by atoms with Gasteiger partial charge in [-0.25, -0.2) is 0 Å². The van der Waals surface area contributed by atoms with Crippen molar-refractivity contribution in [2.75, 3.05) is 6.54 Å². The Morgan fingerprint density at radius 2 is 1.75 bits per heavy atom. The zero-order valence-electron chi connectivity index (χ0n) is 13.4. The van der Waals surface area contributed by atoms with Crippen molar-refractivity contribution < 1.29 is 4.79 Å². The molecule has 20 heavy (non-hydrogen) atoms. The monoisotopic (exact) mass is 276 g/mol. The molecule has 1 rings (SSSR count). The molecule has 1 amide bonds. The fourth-order valence-electron chi connectivity index (χ4n) is 2.19. The minimum absolute atomic E-state index is 0.0560. The lowest BCUT2D eigenvalue weighted by atomic mass is 9.80. The standard InChI is InChI=1S/C17H28N2O/c1-13(2)17(5,12-18)19-15(20)11-16(3,4)14-9-7-6-8-10-14/h6-10,13H,11-12,18H2,1-5H3,(H,19,20). The number of hydrogen-bond acceptors (Lipinski definition) is 2. The Kier molecular flexibility index (Phi) is 5.35. The Labute approximate surface area is 122 Å². The first-order valence-electron chi connectivity index (χ1n) is 7.28.